The molecule has 0 spiro atoms. The van der Waals surface area contributed by atoms with Gasteiger partial charge in [0.15, 0.2) is 11.5 Å². The van der Waals surface area contributed by atoms with Gasteiger partial charge in [-0.2, -0.15) is 0 Å². The number of ether oxygens (including phenoxy) is 3. The van der Waals surface area contributed by atoms with E-state index in [0.717, 1.165) is 5.56 Å². The van der Waals surface area contributed by atoms with Gasteiger partial charge in [-0.05, 0) is 61.9 Å². The molecule has 1 aliphatic rings. The van der Waals surface area contributed by atoms with Crippen molar-refractivity contribution < 1.29 is 33.4 Å². The summed E-state index contributed by atoms with van der Waals surface area (Å²) >= 11 is 6.11. The Hall–Kier alpha value is -5.55. The number of hydrogen-bond acceptors (Lipinski definition) is 7. The summed E-state index contributed by atoms with van der Waals surface area (Å²) in [4.78, 5) is 56.2. The van der Waals surface area contributed by atoms with Crippen LogP contribution in [0.5, 0.6) is 23.0 Å². The highest BCUT2D eigenvalue weighted by Crippen LogP contribution is 2.32. The average molecular weight is 713 g/mol. The molecule has 1 heterocycles. The third-order valence-electron chi connectivity index (χ3n) is 8.12. The van der Waals surface area contributed by atoms with Crippen molar-refractivity contribution in [3.8, 4) is 23.0 Å². The maximum absolute atomic E-state index is 13.8. The zero-order valence-electron chi connectivity index (χ0n) is 28.5. The van der Waals surface area contributed by atoms with Crippen molar-refractivity contribution in [2.75, 3.05) is 26.3 Å². The van der Waals surface area contributed by atoms with Crippen LogP contribution in [-0.2, 0) is 20.8 Å². The van der Waals surface area contributed by atoms with Gasteiger partial charge in [0.25, 0.3) is 5.91 Å². The van der Waals surface area contributed by atoms with E-state index in [4.69, 9.17) is 25.8 Å². The molecule has 3 atom stereocenters. The fourth-order valence-electron chi connectivity index (χ4n) is 5.54. The molecule has 1 aliphatic heterocycles. The SMILES string of the molecule is CCN1CCOc2ccccc2C(=O)N[C@H](C(=O)N[C@H](C)COc2ccccc2Oc2cccc(Cl)c2)CC(=O)N[C@@H](Cc2ccccc2)C1=O. The Balaban J connectivity index is 1.32. The lowest BCUT2D eigenvalue weighted by molar-refractivity contribution is -0.137. The number of para-hydroxylation sites is 3. The van der Waals surface area contributed by atoms with Crippen LogP contribution in [0.1, 0.15) is 36.2 Å². The topological polar surface area (TPSA) is 135 Å². The Kier molecular flexibility index (Phi) is 12.9. The molecule has 4 amide bonds. The van der Waals surface area contributed by atoms with Crippen molar-refractivity contribution in [2.24, 2.45) is 0 Å². The average Bonchev–Trinajstić information content (AvgIpc) is 3.12. The number of rotatable bonds is 10. The molecule has 4 aromatic rings. The van der Waals surface area contributed by atoms with E-state index < -0.39 is 42.3 Å². The molecule has 5 rings (SSSR count). The van der Waals surface area contributed by atoms with Crippen LogP contribution in [0.2, 0.25) is 5.02 Å². The first-order valence-corrected chi connectivity index (χ1v) is 17.2. The molecule has 0 aromatic heterocycles. The van der Waals surface area contributed by atoms with Crippen LogP contribution < -0.4 is 30.2 Å². The van der Waals surface area contributed by atoms with Gasteiger partial charge in [0, 0.05) is 18.0 Å². The highest BCUT2D eigenvalue weighted by atomic mass is 35.5. The molecule has 0 aliphatic carbocycles. The molecule has 12 heteroatoms. The molecule has 266 valence electrons. The number of carbonyl (C=O) groups excluding carboxylic acids is 4. The van der Waals surface area contributed by atoms with Gasteiger partial charge in [0.1, 0.15) is 36.8 Å². The molecule has 0 bridgehead atoms. The third-order valence-corrected chi connectivity index (χ3v) is 8.36. The molecule has 51 heavy (non-hydrogen) atoms. The lowest BCUT2D eigenvalue weighted by atomic mass is 10.0. The smallest absolute Gasteiger partial charge is 0.255 e. The zero-order valence-corrected chi connectivity index (χ0v) is 29.2. The van der Waals surface area contributed by atoms with Crippen molar-refractivity contribution in [1.82, 2.24) is 20.9 Å². The fourth-order valence-corrected chi connectivity index (χ4v) is 5.72. The van der Waals surface area contributed by atoms with E-state index in [1.165, 1.54) is 0 Å². The van der Waals surface area contributed by atoms with E-state index in [2.05, 4.69) is 16.0 Å². The van der Waals surface area contributed by atoms with E-state index in [9.17, 15) is 19.2 Å². The number of nitrogens with one attached hydrogen (secondary N) is 3. The van der Waals surface area contributed by atoms with Crippen molar-refractivity contribution in [1.29, 1.82) is 0 Å². The van der Waals surface area contributed by atoms with Gasteiger partial charge >= 0.3 is 0 Å². The van der Waals surface area contributed by atoms with Gasteiger partial charge in [-0.3, -0.25) is 19.2 Å². The quantitative estimate of drug-likeness (QED) is 0.207. The first-order valence-electron chi connectivity index (χ1n) is 16.8. The molecule has 11 nitrogen and oxygen atoms in total. The number of likely N-dealkylation sites (N-methyl/N-ethyl adjacent to an activating group) is 1. The normalized spacial score (nSPS) is 17.5. The van der Waals surface area contributed by atoms with E-state index in [-0.39, 0.29) is 37.6 Å². The van der Waals surface area contributed by atoms with Gasteiger partial charge in [-0.15, -0.1) is 0 Å². The molecule has 0 unspecified atom stereocenters. The van der Waals surface area contributed by atoms with Gasteiger partial charge in [0.05, 0.1) is 24.6 Å². The number of benzene rings is 4. The van der Waals surface area contributed by atoms with Crippen LogP contribution in [0.25, 0.3) is 0 Å². The maximum atomic E-state index is 13.8. The minimum atomic E-state index is -1.29. The highest BCUT2D eigenvalue weighted by molar-refractivity contribution is 6.30. The second-order valence-electron chi connectivity index (χ2n) is 12.0. The maximum Gasteiger partial charge on any atom is 0.255 e. The Morgan fingerprint density at radius 2 is 1.67 bits per heavy atom. The predicted molar refractivity (Wildman–Crippen MR) is 193 cm³/mol. The van der Waals surface area contributed by atoms with Gasteiger partial charge in [0.2, 0.25) is 17.7 Å². The molecule has 0 saturated carbocycles. The summed E-state index contributed by atoms with van der Waals surface area (Å²) in [5.74, 6) is -0.324. The standard InChI is InChI=1S/C39H41ClN4O7/c1-3-44-20-21-49-33-17-8-7-16-30(33)37(46)43-31(24-36(45)42-32(39(44)48)22-27-12-5-4-6-13-27)38(47)41-26(2)25-50-34-18-9-10-19-35(34)51-29-15-11-14-28(40)23-29/h4-19,23,26,31-32H,3,20-22,24-25H2,1-2H3,(H,41,47)(H,42,45)(H,43,46)/t26-,31+,32+/m1/s1. The van der Waals surface area contributed by atoms with Gasteiger partial charge < -0.3 is 35.1 Å². The number of hydrogen-bond donors (Lipinski definition) is 3. The van der Waals surface area contributed by atoms with Crippen LogP contribution in [-0.4, -0.2) is 73.0 Å². The number of carbonyl (C=O) groups is 4. The summed E-state index contributed by atoms with van der Waals surface area (Å²) in [6.45, 7) is 4.37. The van der Waals surface area contributed by atoms with E-state index in [1.807, 2.05) is 37.3 Å². The zero-order chi connectivity index (χ0) is 36.2. The number of fused-ring (bicyclic) bond motifs is 1. The first kappa shape index (κ1) is 36.7. The molecule has 0 radical (unpaired) electrons. The lowest BCUT2D eigenvalue weighted by Gasteiger charge is -2.28. The molecule has 0 saturated heterocycles. The Morgan fingerprint density at radius 3 is 2.43 bits per heavy atom. The van der Waals surface area contributed by atoms with Crippen LogP contribution in [0.15, 0.2) is 103 Å². The van der Waals surface area contributed by atoms with Crippen LogP contribution in [0.3, 0.4) is 0 Å². The minimum Gasteiger partial charge on any atom is -0.491 e. The second-order valence-corrected chi connectivity index (χ2v) is 12.5. The van der Waals surface area contributed by atoms with Crippen molar-refractivity contribution in [3.05, 3.63) is 119 Å². The Labute approximate surface area is 302 Å². The van der Waals surface area contributed by atoms with E-state index in [0.29, 0.717) is 34.6 Å². The van der Waals surface area contributed by atoms with Gasteiger partial charge in [-0.1, -0.05) is 72.3 Å². The van der Waals surface area contributed by atoms with Crippen molar-refractivity contribution in [2.45, 2.75) is 44.8 Å². The summed E-state index contributed by atoms with van der Waals surface area (Å²) < 4.78 is 18.0. The fraction of sp³-hybridized carbons (Fsp3) is 0.282. The molecule has 0 fully saturated rings. The summed E-state index contributed by atoms with van der Waals surface area (Å²) in [5.41, 5.74) is 1.05. The molecule has 3 N–H and O–H groups in total. The summed E-state index contributed by atoms with van der Waals surface area (Å²) in [5, 5.41) is 8.92. The first-order chi connectivity index (χ1) is 24.7. The molecular formula is C39H41ClN4O7. The summed E-state index contributed by atoms with van der Waals surface area (Å²) in [6.07, 6.45) is -0.180. The number of nitrogens with zero attached hydrogens (tertiary/aromatic N) is 1. The molecular weight excluding hydrogens is 672 g/mol. The van der Waals surface area contributed by atoms with Gasteiger partial charge in [-0.25, -0.2) is 0 Å². The van der Waals surface area contributed by atoms with E-state index >= 15 is 0 Å². The number of halogens is 1. The van der Waals surface area contributed by atoms with Crippen LogP contribution in [0, 0.1) is 0 Å². The summed E-state index contributed by atoms with van der Waals surface area (Å²) in [6, 6.07) is 27.3. The Morgan fingerprint density at radius 1 is 0.941 bits per heavy atom. The Bertz CT molecular complexity index is 1820. The van der Waals surface area contributed by atoms with E-state index in [1.54, 1.807) is 84.6 Å². The minimum absolute atomic E-state index is 0.0473. The summed E-state index contributed by atoms with van der Waals surface area (Å²) in [7, 11) is 0. The van der Waals surface area contributed by atoms with Crippen LogP contribution in [0.4, 0.5) is 0 Å². The lowest BCUT2D eigenvalue weighted by Crippen LogP contribution is -2.54. The third kappa shape index (κ3) is 10.5. The van der Waals surface area contributed by atoms with Crippen molar-refractivity contribution in [3.63, 3.8) is 0 Å². The number of amides is 4. The predicted octanol–water partition coefficient (Wildman–Crippen LogP) is 5.17. The van der Waals surface area contributed by atoms with Crippen molar-refractivity contribution >= 4 is 35.2 Å². The largest absolute Gasteiger partial charge is 0.491 e. The monoisotopic (exact) mass is 712 g/mol. The molecule has 4 aromatic carbocycles. The second kappa shape index (κ2) is 17.9. The van der Waals surface area contributed by atoms with Crippen LogP contribution >= 0.6 is 11.6 Å². The highest BCUT2D eigenvalue weighted by Gasteiger charge is 2.31.